The Bertz CT molecular complexity index is 371. The molecule has 1 unspecified atom stereocenters. The normalized spacial score (nSPS) is 12.3. The third-order valence-corrected chi connectivity index (χ3v) is 2.99. The van der Waals surface area contributed by atoms with Crippen molar-refractivity contribution >= 4 is 0 Å². The number of ether oxygens (including phenoxy) is 3. The Morgan fingerprint density at radius 1 is 1.00 bits per heavy atom. The molecule has 114 valence electrons. The van der Waals surface area contributed by atoms with Crippen LogP contribution in [-0.4, -0.2) is 32.9 Å². The van der Waals surface area contributed by atoms with Crippen molar-refractivity contribution in [3.05, 3.63) is 18.2 Å². The van der Waals surface area contributed by atoms with Crippen LogP contribution in [0.15, 0.2) is 18.2 Å². The van der Waals surface area contributed by atoms with E-state index in [0.717, 1.165) is 36.6 Å². The summed E-state index contributed by atoms with van der Waals surface area (Å²) in [4.78, 5) is 0. The molecule has 0 radical (unpaired) electrons. The minimum atomic E-state index is 0.152. The Kier molecular flexibility index (Phi) is 7.23. The highest BCUT2D eigenvalue weighted by Crippen LogP contribution is 2.28. The molecule has 0 aromatic heterocycles. The van der Waals surface area contributed by atoms with E-state index >= 15 is 0 Å². The summed E-state index contributed by atoms with van der Waals surface area (Å²) in [6.07, 6.45) is 2.25. The van der Waals surface area contributed by atoms with Gasteiger partial charge in [-0.15, -0.1) is 0 Å². The Labute approximate surface area is 122 Å². The van der Waals surface area contributed by atoms with Crippen molar-refractivity contribution in [2.24, 2.45) is 0 Å². The number of hydrogen-bond donors (Lipinski definition) is 1. The molecule has 0 spiro atoms. The zero-order chi connectivity index (χ0) is 15.0. The summed E-state index contributed by atoms with van der Waals surface area (Å²) in [5, 5.41) is 3.42. The van der Waals surface area contributed by atoms with Crippen LogP contribution in [0, 0.1) is 0 Å². The van der Waals surface area contributed by atoms with Crippen LogP contribution in [0.4, 0.5) is 0 Å². The predicted molar refractivity (Wildman–Crippen MR) is 82.0 cm³/mol. The largest absolute Gasteiger partial charge is 0.496 e. The molecule has 0 fully saturated rings. The van der Waals surface area contributed by atoms with Crippen molar-refractivity contribution < 1.29 is 14.2 Å². The molecular weight excluding hydrogens is 254 g/mol. The van der Waals surface area contributed by atoms with E-state index in [1.807, 2.05) is 18.2 Å². The first kappa shape index (κ1) is 16.6. The van der Waals surface area contributed by atoms with Crippen molar-refractivity contribution in [2.75, 3.05) is 20.8 Å². The number of hydrogen-bond acceptors (Lipinski definition) is 4. The highest BCUT2D eigenvalue weighted by atomic mass is 16.5. The standard InChI is InChI=1S/C16H27NO3/c1-6-7-13(11-17-12(2)3)20-16-9-14(18-4)8-15(10-16)19-5/h8-10,12-13,17H,6-7,11H2,1-5H3. The average molecular weight is 281 g/mol. The molecule has 0 aliphatic carbocycles. The number of rotatable bonds is 9. The summed E-state index contributed by atoms with van der Waals surface area (Å²) in [5.74, 6) is 2.27. The SMILES string of the molecule is CCCC(CNC(C)C)Oc1cc(OC)cc(OC)c1. The fraction of sp³-hybridized carbons (Fsp3) is 0.625. The fourth-order valence-corrected chi connectivity index (χ4v) is 1.93. The Balaban J connectivity index is 2.75. The van der Waals surface area contributed by atoms with Gasteiger partial charge in [0.05, 0.1) is 14.2 Å². The van der Waals surface area contributed by atoms with Crippen molar-refractivity contribution in [1.29, 1.82) is 0 Å². The quantitative estimate of drug-likeness (QED) is 0.754. The van der Waals surface area contributed by atoms with Crippen LogP contribution in [0.25, 0.3) is 0 Å². The molecule has 1 aromatic rings. The maximum atomic E-state index is 6.07. The van der Waals surface area contributed by atoms with Gasteiger partial charge < -0.3 is 19.5 Å². The first-order valence-electron chi connectivity index (χ1n) is 7.22. The summed E-state index contributed by atoms with van der Waals surface area (Å²) in [7, 11) is 3.28. The Morgan fingerprint density at radius 2 is 1.55 bits per heavy atom. The van der Waals surface area contributed by atoms with Gasteiger partial charge in [-0.05, 0) is 6.42 Å². The van der Waals surface area contributed by atoms with E-state index in [4.69, 9.17) is 14.2 Å². The van der Waals surface area contributed by atoms with E-state index in [9.17, 15) is 0 Å². The molecule has 1 aromatic carbocycles. The monoisotopic (exact) mass is 281 g/mol. The van der Waals surface area contributed by atoms with Gasteiger partial charge in [-0.25, -0.2) is 0 Å². The van der Waals surface area contributed by atoms with Gasteiger partial charge >= 0.3 is 0 Å². The molecule has 0 amide bonds. The van der Waals surface area contributed by atoms with Gasteiger partial charge in [-0.1, -0.05) is 27.2 Å². The maximum Gasteiger partial charge on any atom is 0.127 e. The van der Waals surface area contributed by atoms with Crippen LogP contribution in [0.3, 0.4) is 0 Å². The van der Waals surface area contributed by atoms with E-state index in [-0.39, 0.29) is 6.10 Å². The molecule has 0 aliphatic heterocycles. The molecule has 20 heavy (non-hydrogen) atoms. The van der Waals surface area contributed by atoms with Crippen molar-refractivity contribution in [1.82, 2.24) is 5.32 Å². The second-order valence-corrected chi connectivity index (χ2v) is 5.14. The highest BCUT2D eigenvalue weighted by molar-refractivity contribution is 5.42. The lowest BCUT2D eigenvalue weighted by Gasteiger charge is -2.21. The minimum Gasteiger partial charge on any atom is -0.496 e. The van der Waals surface area contributed by atoms with Gasteiger partial charge in [0.25, 0.3) is 0 Å². The second-order valence-electron chi connectivity index (χ2n) is 5.14. The second kappa shape index (κ2) is 8.69. The molecule has 4 heteroatoms. The van der Waals surface area contributed by atoms with Gasteiger partial charge in [0.1, 0.15) is 23.4 Å². The molecule has 0 aliphatic rings. The molecule has 1 rings (SSSR count). The lowest BCUT2D eigenvalue weighted by atomic mass is 10.2. The average Bonchev–Trinajstić information content (AvgIpc) is 2.44. The minimum absolute atomic E-state index is 0.152. The maximum absolute atomic E-state index is 6.07. The number of methoxy groups -OCH3 is 2. The van der Waals surface area contributed by atoms with Gasteiger partial charge in [-0.2, -0.15) is 0 Å². The van der Waals surface area contributed by atoms with E-state index in [1.165, 1.54) is 0 Å². The van der Waals surface area contributed by atoms with Crippen LogP contribution in [0.2, 0.25) is 0 Å². The fourth-order valence-electron chi connectivity index (χ4n) is 1.93. The first-order chi connectivity index (χ1) is 9.58. The lowest BCUT2D eigenvalue weighted by molar-refractivity contribution is 0.182. The van der Waals surface area contributed by atoms with E-state index in [1.54, 1.807) is 14.2 Å². The molecule has 1 N–H and O–H groups in total. The van der Waals surface area contributed by atoms with Crippen molar-refractivity contribution in [2.45, 2.75) is 45.8 Å². The number of benzene rings is 1. The van der Waals surface area contributed by atoms with E-state index in [0.29, 0.717) is 6.04 Å². The summed E-state index contributed by atoms with van der Waals surface area (Å²) in [5.41, 5.74) is 0. The van der Waals surface area contributed by atoms with Gasteiger partial charge in [0, 0.05) is 30.8 Å². The van der Waals surface area contributed by atoms with Crippen molar-refractivity contribution in [3.63, 3.8) is 0 Å². The summed E-state index contributed by atoms with van der Waals surface area (Å²) in [6, 6.07) is 6.08. The van der Waals surface area contributed by atoms with Crippen LogP contribution < -0.4 is 19.5 Å². The zero-order valence-electron chi connectivity index (χ0n) is 13.2. The summed E-state index contributed by atoms with van der Waals surface area (Å²) >= 11 is 0. The third-order valence-electron chi connectivity index (χ3n) is 2.99. The molecule has 0 heterocycles. The molecule has 0 saturated carbocycles. The zero-order valence-corrected chi connectivity index (χ0v) is 13.2. The molecule has 0 saturated heterocycles. The number of nitrogens with one attached hydrogen (secondary N) is 1. The van der Waals surface area contributed by atoms with E-state index < -0.39 is 0 Å². The Morgan fingerprint density at radius 3 is 2.00 bits per heavy atom. The van der Waals surface area contributed by atoms with Gasteiger partial charge in [0.2, 0.25) is 0 Å². The van der Waals surface area contributed by atoms with Crippen LogP contribution in [0.5, 0.6) is 17.2 Å². The Hall–Kier alpha value is -1.42. The topological polar surface area (TPSA) is 39.7 Å². The predicted octanol–water partition coefficient (Wildman–Crippen LogP) is 3.25. The van der Waals surface area contributed by atoms with Crippen LogP contribution in [0.1, 0.15) is 33.6 Å². The van der Waals surface area contributed by atoms with Gasteiger partial charge in [0.15, 0.2) is 0 Å². The summed E-state index contributed by atoms with van der Waals surface area (Å²) in [6.45, 7) is 7.28. The molecule has 4 nitrogen and oxygen atoms in total. The molecular formula is C16H27NO3. The van der Waals surface area contributed by atoms with Crippen LogP contribution >= 0.6 is 0 Å². The first-order valence-corrected chi connectivity index (χ1v) is 7.22. The third kappa shape index (κ3) is 5.70. The smallest absolute Gasteiger partial charge is 0.127 e. The van der Waals surface area contributed by atoms with Crippen LogP contribution in [-0.2, 0) is 0 Å². The van der Waals surface area contributed by atoms with Crippen molar-refractivity contribution in [3.8, 4) is 17.2 Å². The molecule has 1 atom stereocenters. The lowest BCUT2D eigenvalue weighted by Crippen LogP contribution is -2.35. The molecule has 0 bridgehead atoms. The highest BCUT2D eigenvalue weighted by Gasteiger charge is 2.12. The summed E-state index contributed by atoms with van der Waals surface area (Å²) < 4.78 is 16.6. The van der Waals surface area contributed by atoms with Gasteiger partial charge in [-0.3, -0.25) is 0 Å². The van der Waals surface area contributed by atoms with E-state index in [2.05, 4.69) is 26.1 Å².